The first kappa shape index (κ1) is 19.5. The summed E-state index contributed by atoms with van der Waals surface area (Å²) in [4.78, 5) is 29.5. The maximum Gasteiger partial charge on any atom is 0.253 e. The summed E-state index contributed by atoms with van der Waals surface area (Å²) in [7, 11) is 0. The number of rotatable bonds is 4. The second-order valence-electron chi connectivity index (χ2n) is 8.02. The van der Waals surface area contributed by atoms with Gasteiger partial charge >= 0.3 is 0 Å². The minimum Gasteiger partial charge on any atom is -0.372 e. The molecule has 0 spiro atoms. The summed E-state index contributed by atoms with van der Waals surface area (Å²) < 4.78 is 0. The van der Waals surface area contributed by atoms with Crippen molar-refractivity contribution in [2.24, 2.45) is 5.92 Å². The molecule has 29 heavy (non-hydrogen) atoms. The summed E-state index contributed by atoms with van der Waals surface area (Å²) in [6.07, 6.45) is 5.24. The zero-order valence-corrected chi connectivity index (χ0v) is 16.8. The number of piperidine rings is 2. The number of benzene rings is 2. The minimum absolute atomic E-state index is 0.0448. The molecule has 2 aromatic rings. The fourth-order valence-corrected chi connectivity index (χ4v) is 4.26. The van der Waals surface area contributed by atoms with Gasteiger partial charge in [-0.25, -0.2) is 0 Å². The van der Waals surface area contributed by atoms with Crippen LogP contribution in [0.1, 0.15) is 42.5 Å². The second kappa shape index (κ2) is 9.12. The summed E-state index contributed by atoms with van der Waals surface area (Å²) in [6.45, 7) is 3.48. The van der Waals surface area contributed by atoms with Gasteiger partial charge in [0.1, 0.15) is 0 Å². The summed E-state index contributed by atoms with van der Waals surface area (Å²) >= 11 is 0. The van der Waals surface area contributed by atoms with E-state index in [-0.39, 0.29) is 17.7 Å². The molecule has 0 atom stereocenters. The third-order valence-corrected chi connectivity index (χ3v) is 6.03. The molecule has 2 aromatic carbocycles. The van der Waals surface area contributed by atoms with Gasteiger partial charge in [0.2, 0.25) is 5.91 Å². The molecule has 0 bridgehead atoms. The highest BCUT2D eigenvalue weighted by Crippen LogP contribution is 2.24. The van der Waals surface area contributed by atoms with E-state index in [1.165, 1.54) is 24.9 Å². The maximum atomic E-state index is 12.7. The van der Waals surface area contributed by atoms with Gasteiger partial charge in [-0.2, -0.15) is 0 Å². The van der Waals surface area contributed by atoms with Crippen LogP contribution in [0.3, 0.4) is 0 Å². The SMILES string of the molecule is O=C(Nc1ccc(N2CCCCC2)cc1)C1CCN(C(=O)c2ccccc2)CC1. The Balaban J connectivity index is 1.28. The van der Waals surface area contributed by atoms with Gasteiger partial charge in [-0.15, -0.1) is 0 Å². The third kappa shape index (κ3) is 4.78. The van der Waals surface area contributed by atoms with Crippen molar-refractivity contribution < 1.29 is 9.59 Å². The van der Waals surface area contributed by atoms with Gasteiger partial charge in [0, 0.05) is 49.0 Å². The normalized spacial score (nSPS) is 17.8. The molecule has 0 radical (unpaired) electrons. The lowest BCUT2D eigenvalue weighted by Gasteiger charge is -2.31. The number of hydrogen-bond donors (Lipinski definition) is 1. The van der Waals surface area contributed by atoms with E-state index >= 15 is 0 Å². The average Bonchev–Trinajstić information content (AvgIpc) is 2.80. The highest BCUT2D eigenvalue weighted by Gasteiger charge is 2.27. The zero-order chi connectivity index (χ0) is 20.1. The number of amides is 2. The molecule has 0 aliphatic carbocycles. The van der Waals surface area contributed by atoms with Gasteiger partial charge in [0.05, 0.1) is 0 Å². The molecule has 5 heteroatoms. The number of likely N-dealkylation sites (tertiary alicyclic amines) is 1. The van der Waals surface area contributed by atoms with E-state index in [1.807, 2.05) is 47.4 Å². The molecule has 2 amide bonds. The summed E-state index contributed by atoms with van der Waals surface area (Å²) in [5.74, 6) is 0.0666. The van der Waals surface area contributed by atoms with Crippen LogP contribution in [0, 0.1) is 5.92 Å². The second-order valence-corrected chi connectivity index (χ2v) is 8.02. The first-order valence-corrected chi connectivity index (χ1v) is 10.7. The maximum absolute atomic E-state index is 12.7. The molecule has 1 N–H and O–H groups in total. The smallest absolute Gasteiger partial charge is 0.253 e. The largest absolute Gasteiger partial charge is 0.372 e. The van der Waals surface area contributed by atoms with Crippen LogP contribution in [0.2, 0.25) is 0 Å². The van der Waals surface area contributed by atoms with Crippen molar-refractivity contribution in [3.8, 4) is 0 Å². The van der Waals surface area contributed by atoms with Gasteiger partial charge in [-0.1, -0.05) is 18.2 Å². The molecule has 0 saturated carbocycles. The zero-order valence-electron chi connectivity index (χ0n) is 16.8. The van der Waals surface area contributed by atoms with E-state index in [4.69, 9.17) is 0 Å². The Hall–Kier alpha value is -2.82. The van der Waals surface area contributed by atoms with E-state index in [1.54, 1.807) is 0 Å². The summed E-state index contributed by atoms with van der Waals surface area (Å²) in [5, 5.41) is 3.06. The Morgan fingerprint density at radius 2 is 1.45 bits per heavy atom. The van der Waals surface area contributed by atoms with Crippen molar-refractivity contribution in [1.29, 1.82) is 0 Å². The van der Waals surface area contributed by atoms with Crippen LogP contribution in [0.5, 0.6) is 0 Å². The third-order valence-electron chi connectivity index (χ3n) is 6.03. The fraction of sp³-hybridized carbons (Fsp3) is 0.417. The number of carbonyl (C=O) groups excluding carboxylic acids is 2. The Bertz CT molecular complexity index is 821. The monoisotopic (exact) mass is 391 g/mol. The molecule has 2 aliphatic heterocycles. The molecule has 2 saturated heterocycles. The summed E-state index contributed by atoms with van der Waals surface area (Å²) in [5.41, 5.74) is 2.79. The standard InChI is InChI=1S/C24H29N3O2/c28-23(25-21-9-11-22(12-10-21)26-15-5-2-6-16-26)19-13-17-27(18-14-19)24(29)20-7-3-1-4-8-20/h1,3-4,7-12,19H,2,5-6,13-18H2,(H,25,28). The topological polar surface area (TPSA) is 52.7 Å². The number of nitrogens with zero attached hydrogens (tertiary/aromatic N) is 2. The summed E-state index contributed by atoms with van der Waals surface area (Å²) in [6, 6.07) is 17.5. The quantitative estimate of drug-likeness (QED) is 0.851. The molecule has 2 aliphatic rings. The lowest BCUT2D eigenvalue weighted by Crippen LogP contribution is -2.41. The number of hydrogen-bond acceptors (Lipinski definition) is 3. The first-order valence-electron chi connectivity index (χ1n) is 10.7. The number of nitrogens with one attached hydrogen (secondary N) is 1. The predicted molar refractivity (Wildman–Crippen MR) is 116 cm³/mol. The van der Waals surface area contributed by atoms with Crippen molar-refractivity contribution in [1.82, 2.24) is 4.90 Å². The van der Waals surface area contributed by atoms with Crippen molar-refractivity contribution in [3.63, 3.8) is 0 Å². The molecule has 4 rings (SSSR count). The van der Waals surface area contributed by atoms with Crippen LogP contribution < -0.4 is 10.2 Å². The van der Waals surface area contributed by atoms with Gasteiger partial charge in [-0.3, -0.25) is 9.59 Å². The molecule has 2 fully saturated rings. The van der Waals surface area contributed by atoms with Crippen molar-refractivity contribution in [2.75, 3.05) is 36.4 Å². The van der Waals surface area contributed by atoms with E-state index in [0.717, 1.165) is 18.8 Å². The lowest BCUT2D eigenvalue weighted by atomic mass is 9.95. The van der Waals surface area contributed by atoms with E-state index in [2.05, 4.69) is 22.3 Å². The first-order chi connectivity index (χ1) is 14.2. The Labute approximate surface area is 172 Å². The van der Waals surface area contributed by atoms with E-state index < -0.39 is 0 Å². The van der Waals surface area contributed by atoms with Crippen molar-refractivity contribution >= 4 is 23.2 Å². The highest BCUT2D eigenvalue weighted by atomic mass is 16.2. The molecule has 2 heterocycles. The van der Waals surface area contributed by atoms with Crippen LogP contribution >= 0.6 is 0 Å². The van der Waals surface area contributed by atoms with E-state index in [0.29, 0.717) is 31.5 Å². The van der Waals surface area contributed by atoms with Gasteiger partial charge in [-0.05, 0) is 68.5 Å². The Morgan fingerprint density at radius 3 is 2.10 bits per heavy atom. The minimum atomic E-state index is -0.0448. The van der Waals surface area contributed by atoms with Crippen molar-refractivity contribution in [3.05, 3.63) is 60.2 Å². The average molecular weight is 392 g/mol. The van der Waals surface area contributed by atoms with Crippen molar-refractivity contribution in [2.45, 2.75) is 32.1 Å². The molecular weight excluding hydrogens is 362 g/mol. The molecule has 0 unspecified atom stereocenters. The fourth-order valence-electron chi connectivity index (χ4n) is 4.26. The van der Waals surface area contributed by atoms with Crippen LogP contribution in [0.4, 0.5) is 11.4 Å². The Kier molecular flexibility index (Phi) is 6.13. The van der Waals surface area contributed by atoms with Gasteiger partial charge in [0.15, 0.2) is 0 Å². The molecule has 5 nitrogen and oxygen atoms in total. The van der Waals surface area contributed by atoms with Gasteiger partial charge < -0.3 is 15.1 Å². The Morgan fingerprint density at radius 1 is 0.793 bits per heavy atom. The molecule has 152 valence electrons. The highest BCUT2D eigenvalue weighted by molar-refractivity contribution is 5.95. The lowest BCUT2D eigenvalue weighted by molar-refractivity contribution is -0.121. The van der Waals surface area contributed by atoms with E-state index in [9.17, 15) is 9.59 Å². The molecule has 0 aromatic heterocycles. The van der Waals surface area contributed by atoms with Crippen LogP contribution in [0.25, 0.3) is 0 Å². The van der Waals surface area contributed by atoms with Crippen LogP contribution in [-0.2, 0) is 4.79 Å². The predicted octanol–water partition coefficient (Wildman–Crippen LogP) is 4.17. The number of anilines is 2. The molecular formula is C24H29N3O2. The van der Waals surface area contributed by atoms with Crippen LogP contribution in [-0.4, -0.2) is 42.9 Å². The van der Waals surface area contributed by atoms with Crippen LogP contribution in [0.15, 0.2) is 54.6 Å². The van der Waals surface area contributed by atoms with Gasteiger partial charge in [0.25, 0.3) is 5.91 Å². The number of carbonyl (C=O) groups is 2.